The molecule has 0 bridgehead atoms. The molecule has 1 N–H and O–H groups in total. The van der Waals surface area contributed by atoms with E-state index in [-0.39, 0.29) is 0 Å². The van der Waals surface area contributed by atoms with E-state index in [2.05, 4.69) is 0 Å². The first-order valence-electron chi connectivity index (χ1n) is 7.57. The van der Waals surface area contributed by atoms with Crippen molar-refractivity contribution < 1.29 is 9.95 Å². The lowest BCUT2D eigenvalue weighted by atomic mass is 10.2. The van der Waals surface area contributed by atoms with Crippen LogP contribution >= 0.6 is 23.4 Å². The Balaban J connectivity index is 1.80. The van der Waals surface area contributed by atoms with Crippen LogP contribution in [0.3, 0.4) is 0 Å². The maximum atomic E-state index is 10.2. The second-order valence-corrected chi connectivity index (χ2v) is 6.86. The number of halogens is 1. The predicted octanol–water partition coefficient (Wildman–Crippen LogP) is 5.51. The number of hydroxylamine groups is 1. The van der Waals surface area contributed by atoms with E-state index in [9.17, 15) is 5.21 Å². The zero-order valence-corrected chi connectivity index (χ0v) is 14.5. The first-order chi connectivity index (χ1) is 11.7. The van der Waals surface area contributed by atoms with Crippen LogP contribution in [0.15, 0.2) is 88.7 Å². The maximum Gasteiger partial charge on any atom is 0.224 e. The molecule has 0 aliphatic rings. The molecule has 120 valence electrons. The topological polar surface area (TPSA) is 23.2 Å². The van der Waals surface area contributed by atoms with Gasteiger partial charge in [0, 0.05) is 20.4 Å². The van der Waals surface area contributed by atoms with Gasteiger partial charge in [-0.3, -0.25) is 5.21 Å². The van der Waals surface area contributed by atoms with Crippen LogP contribution in [0, 0.1) is 0 Å². The number of benzene rings is 3. The summed E-state index contributed by atoms with van der Waals surface area (Å²) in [5, 5.41) is 11.0. The van der Waals surface area contributed by atoms with Gasteiger partial charge < -0.3 is 0 Å². The maximum absolute atomic E-state index is 10.2. The van der Waals surface area contributed by atoms with Gasteiger partial charge in [-0.1, -0.05) is 65.8 Å². The summed E-state index contributed by atoms with van der Waals surface area (Å²) in [6, 6.07) is 25.6. The van der Waals surface area contributed by atoms with E-state index in [0.717, 1.165) is 25.9 Å². The molecule has 0 atom stereocenters. The normalized spacial score (nSPS) is 11.5. The number of hydrogen-bond acceptors (Lipinski definition) is 2. The molecule has 2 nitrogen and oxygen atoms in total. The molecular weight excluding hydrogens is 338 g/mol. The highest BCUT2D eigenvalue weighted by Gasteiger charge is 2.09. The van der Waals surface area contributed by atoms with Crippen molar-refractivity contribution in [1.29, 1.82) is 0 Å². The standard InChI is InChI=1S/C20H17ClNOS/c21-18-10-12-19(13-11-18)24-20-9-5-4-8-17(20)15-22(23)14-16-6-2-1-3-7-16/h1-13,15,23H,14H2/q+1/b22-15-. The van der Waals surface area contributed by atoms with Crippen LogP contribution in [0.25, 0.3) is 0 Å². The summed E-state index contributed by atoms with van der Waals surface area (Å²) in [6.45, 7) is 0.445. The van der Waals surface area contributed by atoms with Gasteiger partial charge in [-0.15, -0.1) is 0 Å². The zero-order chi connectivity index (χ0) is 16.8. The van der Waals surface area contributed by atoms with Crippen LogP contribution in [0.2, 0.25) is 5.02 Å². The highest BCUT2D eigenvalue weighted by atomic mass is 35.5. The number of nitrogens with zero attached hydrogens (tertiary/aromatic N) is 1. The van der Waals surface area contributed by atoms with E-state index in [1.807, 2.05) is 78.9 Å². The number of rotatable bonds is 5. The van der Waals surface area contributed by atoms with Crippen molar-refractivity contribution in [2.45, 2.75) is 16.3 Å². The lowest BCUT2D eigenvalue weighted by Crippen LogP contribution is -2.09. The summed E-state index contributed by atoms with van der Waals surface area (Å²) >= 11 is 7.58. The van der Waals surface area contributed by atoms with Gasteiger partial charge in [-0.25, -0.2) is 0 Å². The summed E-state index contributed by atoms with van der Waals surface area (Å²) in [4.78, 5) is 2.18. The second kappa shape index (κ2) is 8.04. The molecule has 4 heteroatoms. The molecule has 24 heavy (non-hydrogen) atoms. The minimum Gasteiger partial charge on any atom is -0.290 e. The van der Waals surface area contributed by atoms with Gasteiger partial charge in [0.1, 0.15) is 0 Å². The summed E-state index contributed by atoms with van der Waals surface area (Å²) < 4.78 is 1.22. The average Bonchev–Trinajstić information content (AvgIpc) is 2.59. The summed E-state index contributed by atoms with van der Waals surface area (Å²) in [5.74, 6) is 0. The van der Waals surface area contributed by atoms with Crippen molar-refractivity contribution in [3.05, 3.63) is 95.0 Å². The second-order valence-electron chi connectivity index (χ2n) is 5.31. The van der Waals surface area contributed by atoms with E-state index >= 15 is 0 Å². The Labute approximate surface area is 151 Å². The number of hydrogen-bond donors (Lipinski definition) is 1. The first kappa shape index (κ1) is 16.6. The Morgan fingerprint density at radius 3 is 2.29 bits per heavy atom. The quantitative estimate of drug-likeness (QED) is 0.282. The van der Waals surface area contributed by atoms with Crippen molar-refractivity contribution in [3.63, 3.8) is 0 Å². The van der Waals surface area contributed by atoms with Crippen LogP contribution in [0.4, 0.5) is 0 Å². The van der Waals surface area contributed by atoms with Crippen LogP contribution in [0.5, 0.6) is 0 Å². The minimum absolute atomic E-state index is 0.445. The third-order valence-electron chi connectivity index (χ3n) is 3.44. The molecule has 3 rings (SSSR count). The van der Waals surface area contributed by atoms with E-state index in [1.165, 1.54) is 4.74 Å². The Bertz CT molecular complexity index is 832. The van der Waals surface area contributed by atoms with E-state index < -0.39 is 0 Å². The molecule has 0 aliphatic carbocycles. The summed E-state index contributed by atoms with van der Waals surface area (Å²) in [6.07, 6.45) is 1.76. The Morgan fingerprint density at radius 1 is 0.875 bits per heavy atom. The smallest absolute Gasteiger partial charge is 0.224 e. The molecule has 0 radical (unpaired) electrons. The van der Waals surface area contributed by atoms with Crippen LogP contribution in [0.1, 0.15) is 11.1 Å². The highest BCUT2D eigenvalue weighted by Crippen LogP contribution is 2.30. The van der Waals surface area contributed by atoms with Crippen LogP contribution in [-0.4, -0.2) is 16.2 Å². The van der Waals surface area contributed by atoms with Gasteiger partial charge >= 0.3 is 0 Å². The molecule has 0 unspecified atom stereocenters. The molecule has 0 spiro atoms. The SMILES string of the molecule is O/[N+](=C\c1ccccc1Sc1ccc(Cl)cc1)Cc1ccccc1. The highest BCUT2D eigenvalue weighted by molar-refractivity contribution is 7.99. The zero-order valence-electron chi connectivity index (χ0n) is 13.0. The summed E-state index contributed by atoms with van der Waals surface area (Å²) in [7, 11) is 0. The fraction of sp³-hybridized carbons (Fsp3) is 0.0500. The van der Waals surface area contributed by atoms with Crippen molar-refractivity contribution in [1.82, 2.24) is 0 Å². The van der Waals surface area contributed by atoms with Gasteiger partial charge in [0.15, 0.2) is 0 Å². The third-order valence-corrected chi connectivity index (χ3v) is 4.79. The van der Waals surface area contributed by atoms with Gasteiger partial charge in [-0.2, -0.15) is 0 Å². The Hall–Kier alpha value is -2.23. The van der Waals surface area contributed by atoms with Crippen LogP contribution in [-0.2, 0) is 6.54 Å². The molecule has 0 saturated heterocycles. The predicted molar refractivity (Wildman–Crippen MR) is 99.4 cm³/mol. The van der Waals surface area contributed by atoms with E-state index in [1.54, 1.807) is 18.0 Å². The lowest BCUT2D eigenvalue weighted by molar-refractivity contribution is -0.783. The van der Waals surface area contributed by atoms with Crippen molar-refractivity contribution in [2.24, 2.45) is 0 Å². The van der Waals surface area contributed by atoms with Crippen molar-refractivity contribution >= 4 is 29.6 Å². The summed E-state index contributed by atoms with van der Waals surface area (Å²) in [5.41, 5.74) is 2.02. The Morgan fingerprint density at radius 2 is 1.54 bits per heavy atom. The largest absolute Gasteiger partial charge is 0.290 e. The van der Waals surface area contributed by atoms with Crippen LogP contribution < -0.4 is 0 Å². The average molecular weight is 355 g/mol. The molecule has 3 aromatic carbocycles. The molecule has 0 fully saturated rings. The van der Waals surface area contributed by atoms with Gasteiger partial charge in [-0.05, 0) is 41.1 Å². The van der Waals surface area contributed by atoms with Gasteiger partial charge in [0.2, 0.25) is 12.8 Å². The molecular formula is C20H17ClNOS+. The van der Waals surface area contributed by atoms with E-state index in [0.29, 0.717) is 6.54 Å². The first-order valence-corrected chi connectivity index (χ1v) is 8.77. The molecule has 0 heterocycles. The Kier molecular flexibility index (Phi) is 5.57. The van der Waals surface area contributed by atoms with Gasteiger partial charge in [0.05, 0.1) is 5.56 Å². The van der Waals surface area contributed by atoms with E-state index in [4.69, 9.17) is 11.6 Å². The van der Waals surface area contributed by atoms with Gasteiger partial charge in [0.25, 0.3) is 0 Å². The third kappa shape index (κ3) is 4.63. The molecule has 3 aromatic rings. The molecule has 0 aliphatic heterocycles. The van der Waals surface area contributed by atoms with Crippen molar-refractivity contribution in [2.75, 3.05) is 0 Å². The minimum atomic E-state index is 0.445. The monoisotopic (exact) mass is 354 g/mol. The fourth-order valence-electron chi connectivity index (χ4n) is 2.29. The molecule has 0 saturated carbocycles. The molecule has 0 amide bonds. The van der Waals surface area contributed by atoms with Crippen molar-refractivity contribution in [3.8, 4) is 0 Å². The molecule has 0 aromatic heterocycles. The lowest BCUT2D eigenvalue weighted by Gasteiger charge is -2.04. The fourth-order valence-corrected chi connectivity index (χ4v) is 3.32.